The number of carbonyl (C=O) groups excluding carboxylic acids is 3. The third kappa shape index (κ3) is 7.16. The molecule has 0 heterocycles. The van der Waals surface area contributed by atoms with Crippen molar-refractivity contribution in [2.75, 3.05) is 21.1 Å². The van der Waals surface area contributed by atoms with Crippen molar-refractivity contribution in [3.05, 3.63) is 0 Å². The lowest BCUT2D eigenvalue weighted by Crippen LogP contribution is -2.58. The van der Waals surface area contributed by atoms with Gasteiger partial charge < -0.3 is 24.7 Å². The highest BCUT2D eigenvalue weighted by atomic mass is 16.6. The van der Waals surface area contributed by atoms with E-state index < -0.39 is 59.6 Å². The van der Waals surface area contributed by atoms with E-state index in [-0.39, 0.29) is 0 Å². The van der Waals surface area contributed by atoms with E-state index in [1.165, 1.54) is 35.0 Å². The van der Waals surface area contributed by atoms with Crippen LogP contribution in [0.25, 0.3) is 0 Å². The van der Waals surface area contributed by atoms with Gasteiger partial charge in [-0.25, -0.2) is 9.59 Å². The topological polar surface area (TPSA) is 128 Å². The fourth-order valence-corrected chi connectivity index (χ4v) is 2.65. The summed E-state index contributed by atoms with van der Waals surface area (Å²) in [4.78, 5) is 52.7. The number of hydrogen-bond acceptors (Lipinski definition) is 6. The summed E-state index contributed by atoms with van der Waals surface area (Å²) in [5, 5.41) is 19.7. The van der Waals surface area contributed by atoms with Gasteiger partial charge in [-0.15, -0.1) is 0 Å². The van der Waals surface area contributed by atoms with Crippen molar-refractivity contribution < 1.29 is 34.1 Å². The highest BCUT2D eigenvalue weighted by molar-refractivity contribution is 5.92. The average molecular weight is 432 g/mol. The van der Waals surface area contributed by atoms with Crippen LogP contribution < -0.4 is 0 Å². The number of aliphatic carboxylic acids is 1. The van der Waals surface area contributed by atoms with Crippen LogP contribution >= 0.6 is 0 Å². The van der Waals surface area contributed by atoms with Crippen LogP contribution in [0.4, 0.5) is 4.79 Å². The summed E-state index contributed by atoms with van der Waals surface area (Å²) in [6, 6.07) is -3.38. The van der Waals surface area contributed by atoms with Gasteiger partial charge in [0.05, 0.1) is 6.10 Å². The Balaban J connectivity index is 5.39. The van der Waals surface area contributed by atoms with E-state index in [0.29, 0.717) is 0 Å². The standard InChI is InChI=1S/C20H37N3O7/c1-11(2)15(24)14(18(27)28)23(10)17(26)12(3)21(8)16(25)13(4)22(9)19(29)30-20(5,6)7/h11-15,24H,1-10H3,(H,27,28)/t12-,13+,14-,15-/m1/s1. The van der Waals surface area contributed by atoms with Crippen molar-refractivity contribution in [1.29, 1.82) is 0 Å². The van der Waals surface area contributed by atoms with Gasteiger partial charge >= 0.3 is 12.1 Å². The number of nitrogens with zero attached hydrogens (tertiary/aromatic N) is 3. The molecule has 0 aromatic heterocycles. The van der Waals surface area contributed by atoms with Crippen molar-refractivity contribution >= 4 is 23.9 Å². The molecule has 10 heteroatoms. The molecule has 0 bridgehead atoms. The van der Waals surface area contributed by atoms with Gasteiger partial charge in [-0.3, -0.25) is 14.5 Å². The van der Waals surface area contributed by atoms with Gasteiger partial charge in [0.15, 0.2) is 6.04 Å². The number of carbonyl (C=O) groups is 4. The van der Waals surface area contributed by atoms with Crippen LogP contribution in [-0.4, -0.2) is 99.8 Å². The molecule has 0 fully saturated rings. The molecule has 0 aliphatic heterocycles. The predicted molar refractivity (Wildman–Crippen MR) is 111 cm³/mol. The molecule has 10 nitrogen and oxygen atoms in total. The van der Waals surface area contributed by atoms with E-state index in [1.54, 1.807) is 34.6 Å². The Morgan fingerprint density at radius 2 is 1.20 bits per heavy atom. The molecular weight excluding hydrogens is 394 g/mol. The van der Waals surface area contributed by atoms with Gasteiger partial charge in [0.1, 0.15) is 17.7 Å². The van der Waals surface area contributed by atoms with E-state index >= 15 is 0 Å². The molecule has 0 aliphatic carbocycles. The Hall–Kier alpha value is -2.36. The van der Waals surface area contributed by atoms with E-state index in [2.05, 4.69) is 0 Å². The second-order valence-electron chi connectivity index (χ2n) is 8.86. The first-order valence-electron chi connectivity index (χ1n) is 9.84. The summed E-state index contributed by atoms with van der Waals surface area (Å²) in [7, 11) is 4.09. The summed E-state index contributed by atoms with van der Waals surface area (Å²) in [5.41, 5.74) is -0.727. The van der Waals surface area contributed by atoms with Gasteiger partial charge in [0.2, 0.25) is 11.8 Å². The van der Waals surface area contributed by atoms with Crippen LogP contribution in [0, 0.1) is 5.92 Å². The first-order chi connectivity index (χ1) is 13.4. The third-order valence-electron chi connectivity index (χ3n) is 4.93. The maximum absolute atomic E-state index is 12.8. The Bertz CT molecular complexity index is 645. The molecule has 0 rings (SSSR count). The van der Waals surface area contributed by atoms with Gasteiger partial charge in [0.25, 0.3) is 0 Å². The van der Waals surface area contributed by atoms with Gasteiger partial charge in [-0.1, -0.05) is 13.8 Å². The van der Waals surface area contributed by atoms with Crippen LogP contribution in [-0.2, 0) is 19.1 Å². The normalized spacial score (nSPS) is 15.6. The van der Waals surface area contributed by atoms with Crippen LogP contribution in [0.2, 0.25) is 0 Å². The highest BCUT2D eigenvalue weighted by Gasteiger charge is 2.39. The minimum Gasteiger partial charge on any atom is -0.480 e. The smallest absolute Gasteiger partial charge is 0.410 e. The zero-order chi connectivity index (χ0) is 24.1. The first kappa shape index (κ1) is 27.6. The van der Waals surface area contributed by atoms with E-state index in [1.807, 2.05) is 0 Å². The minimum absolute atomic E-state index is 0.390. The lowest BCUT2D eigenvalue weighted by atomic mass is 9.98. The minimum atomic E-state index is -1.45. The fraction of sp³-hybridized carbons (Fsp3) is 0.800. The summed E-state index contributed by atoms with van der Waals surface area (Å²) in [6.07, 6.45) is -1.96. The number of likely N-dealkylation sites (N-methyl/N-ethyl adjacent to an activating group) is 3. The Morgan fingerprint density at radius 3 is 1.57 bits per heavy atom. The molecule has 0 aliphatic rings. The highest BCUT2D eigenvalue weighted by Crippen LogP contribution is 2.16. The zero-order valence-electron chi connectivity index (χ0n) is 19.7. The number of hydrogen-bond donors (Lipinski definition) is 2. The van der Waals surface area contributed by atoms with Crippen LogP contribution in [0.3, 0.4) is 0 Å². The summed E-state index contributed by atoms with van der Waals surface area (Å²) >= 11 is 0. The van der Waals surface area contributed by atoms with Crippen molar-refractivity contribution in [3.8, 4) is 0 Å². The number of amides is 3. The first-order valence-corrected chi connectivity index (χ1v) is 9.84. The number of carboxylic acid groups (broad SMARTS) is 1. The van der Waals surface area contributed by atoms with Gasteiger partial charge in [0, 0.05) is 21.1 Å². The molecule has 30 heavy (non-hydrogen) atoms. The number of carboxylic acids is 1. The second-order valence-corrected chi connectivity index (χ2v) is 8.86. The number of aliphatic hydroxyl groups is 1. The predicted octanol–water partition coefficient (Wildman–Crippen LogP) is 1.02. The van der Waals surface area contributed by atoms with E-state index in [4.69, 9.17) is 4.74 Å². The molecule has 3 amide bonds. The van der Waals surface area contributed by atoms with Gasteiger partial charge in [-0.2, -0.15) is 0 Å². The SMILES string of the molecule is CC(C)[C@@H](O)[C@H](C(=O)O)N(C)C(=O)[C@@H](C)N(C)C(=O)[C@H](C)N(C)C(=O)OC(C)(C)C. The number of ether oxygens (including phenoxy) is 1. The maximum Gasteiger partial charge on any atom is 0.410 e. The summed E-state index contributed by atoms with van der Waals surface area (Å²) in [6.45, 7) is 11.4. The van der Waals surface area contributed by atoms with Crippen molar-refractivity contribution in [2.24, 2.45) is 5.92 Å². The van der Waals surface area contributed by atoms with Crippen LogP contribution in [0.15, 0.2) is 0 Å². The Labute approximate surface area is 178 Å². The van der Waals surface area contributed by atoms with Crippen molar-refractivity contribution in [3.63, 3.8) is 0 Å². The maximum atomic E-state index is 12.8. The molecule has 0 saturated carbocycles. The molecule has 0 saturated heterocycles. The van der Waals surface area contributed by atoms with Crippen LogP contribution in [0.1, 0.15) is 48.5 Å². The van der Waals surface area contributed by atoms with Crippen LogP contribution in [0.5, 0.6) is 0 Å². The van der Waals surface area contributed by atoms with Crippen molar-refractivity contribution in [2.45, 2.75) is 78.3 Å². The Morgan fingerprint density at radius 1 is 0.800 bits per heavy atom. The summed E-state index contributed by atoms with van der Waals surface area (Å²) in [5.74, 6) is -2.90. The third-order valence-corrected chi connectivity index (χ3v) is 4.93. The fourth-order valence-electron chi connectivity index (χ4n) is 2.65. The number of aliphatic hydroxyl groups excluding tert-OH is 1. The largest absolute Gasteiger partial charge is 0.480 e. The van der Waals surface area contributed by atoms with Gasteiger partial charge in [-0.05, 0) is 40.5 Å². The van der Waals surface area contributed by atoms with E-state index in [0.717, 1.165) is 14.7 Å². The molecule has 4 atom stereocenters. The second kappa shape index (κ2) is 10.6. The molecule has 0 radical (unpaired) electrons. The molecule has 2 N–H and O–H groups in total. The monoisotopic (exact) mass is 431 g/mol. The number of rotatable bonds is 8. The van der Waals surface area contributed by atoms with E-state index in [9.17, 15) is 29.4 Å². The summed E-state index contributed by atoms with van der Waals surface area (Å²) < 4.78 is 5.25. The molecule has 0 unspecified atom stereocenters. The zero-order valence-corrected chi connectivity index (χ0v) is 19.7. The van der Waals surface area contributed by atoms with Crippen molar-refractivity contribution in [1.82, 2.24) is 14.7 Å². The molecule has 174 valence electrons. The molecule has 0 aromatic rings. The Kier molecular flexibility index (Phi) is 9.77. The molecule has 0 spiro atoms. The average Bonchev–Trinajstić information content (AvgIpc) is 2.62. The molecule has 0 aromatic carbocycles. The lowest BCUT2D eigenvalue weighted by molar-refractivity contribution is -0.158. The lowest BCUT2D eigenvalue weighted by Gasteiger charge is -2.36. The molecular formula is C20H37N3O7. The quantitative estimate of drug-likeness (QED) is 0.587.